The lowest BCUT2D eigenvalue weighted by atomic mass is 9.98. The molecule has 1 aromatic carbocycles. The van der Waals surface area contributed by atoms with Crippen LogP contribution in [-0.4, -0.2) is 59.8 Å². The van der Waals surface area contributed by atoms with Crippen LogP contribution in [0.15, 0.2) is 47.5 Å². The van der Waals surface area contributed by atoms with Gasteiger partial charge in [0.15, 0.2) is 18.2 Å². The number of hydrogen-bond donors (Lipinski definition) is 0. The summed E-state index contributed by atoms with van der Waals surface area (Å²) in [6, 6.07) is 11.1. The number of nitrogens with zero attached hydrogens (tertiary/aromatic N) is 4. The van der Waals surface area contributed by atoms with Gasteiger partial charge in [-0.15, -0.1) is 10.2 Å². The van der Waals surface area contributed by atoms with Gasteiger partial charge in [-0.2, -0.15) is 11.8 Å². The van der Waals surface area contributed by atoms with Crippen molar-refractivity contribution in [3.63, 3.8) is 0 Å². The Morgan fingerprint density at radius 1 is 1.05 bits per heavy atom. The Bertz CT molecular complexity index is 1460. The fraction of sp³-hybridized carbons (Fsp3) is 0.552. The van der Waals surface area contributed by atoms with E-state index in [-0.39, 0.29) is 15.2 Å². The number of pyridine rings is 1. The second-order valence-electron chi connectivity index (χ2n) is 12.9. The van der Waals surface area contributed by atoms with Crippen molar-refractivity contribution in [1.82, 2.24) is 19.7 Å². The standard InChI is InChI=1S/C29H40N4O3S2Si/c1-27(2,3)39(6,7)36-20-28(4)18-25-31-32-26(33(25)16-17-37-28)29(14-15-29)24-13-10-22(19-30-24)21-8-11-23(12-9-21)38(5,34)35/h8-13,19H,14-18,20H2,1-7H3/t28-/m1/s1. The number of rotatable bonds is 7. The average molecular weight is 585 g/mol. The van der Waals surface area contributed by atoms with Gasteiger partial charge in [-0.25, -0.2) is 8.42 Å². The highest BCUT2D eigenvalue weighted by Gasteiger charge is 2.52. The number of sulfone groups is 1. The number of aromatic nitrogens is 4. The minimum atomic E-state index is -3.22. The number of benzene rings is 1. The van der Waals surface area contributed by atoms with Crippen molar-refractivity contribution in [2.45, 2.75) is 86.7 Å². The molecule has 0 amide bonds. The summed E-state index contributed by atoms with van der Waals surface area (Å²) in [6.07, 6.45) is 5.97. The zero-order valence-electron chi connectivity index (χ0n) is 24.1. The first-order valence-corrected chi connectivity index (χ1v) is 19.4. The van der Waals surface area contributed by atoms with Gasteiger partial charge in [0, 0.05) is 48.1 Å². The summed E-state index contributed by atoms with van der Waals surface area (Å²) in [4.78, 5) is 5.20. The first-order chi connectivity index (χ1) is 18.1. The van der Waals surface area contributed by atoms with E-state index in [4.69, 9.17) is 19.6 Å². The molecule has 3 aromatic rings. The molecular weight excluding hydrogens is 545 g/mol. The summed E-state index contributed by atoms with van der Waals surface area (Å²) in [6.45, 7) is 15.4. The van der Waals surface area contributed by atoms with E-state index in [1.807, 2.05) is 30.1 Å². The Morgan fingerprint density at radius 2 is 1.72 bits per heavy atom. The van der Waals surface area contributed by atoms with Crippen molar-refractivity contribution in [3.8, 4) is 11.1 Å². The number of fused-ring (bicyclic) bond motifs is 1. The number of hydrogen-bond acceptors (Lipinski definition) is 7. The maximum Gasteiger partial charge on any atom is 0.192 e. The van der Waals surface area contributed by atoms with E-state index in [0.29, 0.717) is 4.90 Å². The highest BCUT2D eigenvalue weighted by atomic mass is 32.2. The predicted molar refractivity (Wildman–Crippen MR) is 161 cm³/mol. The van der Waals surface area contributed by atoms with Crippen LogP contribution in [0.4, 0.5) is 0 Å². The molecule has 10 heteroatoms. The molecule has 1 fully saturated rings. The van der Waals surface area contributed by atoms with E-state index in [0.717, 1.165) is 66.6 Å². The van der Waals surface area contributed by atoms with Crippen LogP contribution in [0.25, 0.3) is 11.1 Å². The molecule has 1 aliphatic heterocycles. The van der Waals surface area contributed by atoms with Gasteiger partial charge in [0.1, 0.15) is 11.6 Å². The third-order valence-corrected chi connectivity index (χ3v) is 15.7. The van der Waals surface area contributed by atoms with E-state index in [1.54, 1.807) is 12.1 Å². The van der Waals surface area contributed by atoms with Crippen molar-refractivity contribution in [2.24, 2.45) is 0 Å². The zero-order chi connectivity index (χ0) is 28.3. The molecule has 5 rings (SSSR count). The van der Waals surface area contributed by atoms with Gasteiger partial charge in [0.2, 0.25) is 0 Å². The maximum atomic E-state index is 11.8. The molecule has 0 N–H and O–H groups in total. The van der Waals surface area contributed by atoms with Gasteiger partial charge < -0.3 is 8.99 Å². The number of thioether (sulfide) groups is 1. The Hall–Kier alpha value is -2.01. The van der Waals surface area contributed by atoms with Crippen molar-refractivity contribution >= 4 is 29.9 Å². The van der Waals surface area contributed by atoms with E-state index in [2.05, 4.69) is 57.5 Å². The highest BCUT2D eigenvalue weighted by Crippen LogP contribution is 2.53. The Kier molecular flexibility index (Phi) is 7.18. The highest BCUT2D eigenvalue weighted by molar-refractivity contribution is 8.00. The molecule has 2 aromatic heterocycles. The smallest absolute Gasteiger partial charge is 0.192 e. The van der Waals surface area contributed by atoms with E-state index in [1.165, 1.54) is 6.26 Å². The summed E-state index contributed by atoms with van der Waals surface area (Å²) in [5.74, 6) is 3.08. The predicted octanol–water partition coefficient (Wildman–Crippen LogP) is 5.89. The van der Waals surface area contributed by atoms with Crippen LogP contribution in [0.3, 0.4) is 0 Å². The molecule has 0 radical (unpaired) electrons. The largest absolute Gasteiger partial charge is 0.415 e. The van der Waals surface area contributed by atoms with Gasteiger partial charge in [0.05, 0.1) is 16.0 Å². The quantitative estimate of drug-likeness (QED) is 0.320. The molecule has 1 aliphatic carbocycles. The van der Waals surface area contributed by atoms with E-state index >= 15 is 0 Å². The van der Waals surface area contributed by atoms with Gasteiger partial charge in [0.25, 0.3) is 0 Å². The minimum Gasteiger partial charge on any atom is -0.415 e. The summed E-state index contributed by atoms with van der Waals surface area (Å²) in [5.41, 5.74) is 2.74. The molecular formula is C29H40N4O3S2Si. The lowest BCUT2D eigenvalue weighted by Gasteiger charge is -2.39. The molecule has 0 unspecified atom stereocenters. The SMILES string of the molecule is CC(C)(C)[Si](C)(C)OC[C@@]1(C)Cc2nnc(C3(c4ccc(-c5ccc(S(C)(=O)=O)cc5)cn4)CC3)n2CCS1. The minimum absolute atomic E-state index is 0.0304. The molecule has 210 valence electrons. The van der Waals surface area contributed by atoms with Crippen LogP contribution >= 0.6 is 11.8 Å². The Morgan fingerprint density at radius 3 is 2.28 bits per heavy atom. The fourth-order valence-corrected chi connectivity index (χ4v) is 7.92. The molecule has 7 nitrogen and oxygen atoms in total. The van der Waals surface area contributed by atoms with Crippen LogP contribution in [-0.2, 0) is 32.6 Å². The summed E-state index contributed by atoms with van der Waals surface area (Å²) in [5, 5.41) is 9.65. The zero-order valence-corrected chi connectivity index (χ0v) is 26.7. The van der Waals surface area contributed by atoms with Gasteiger partial charge in [-0.1, -0.05) is 39.0 Å². The summed E-state index contributed by atoms with van der Waals surface area (Å²) in [7, 11) is -5.05. The lowest BCUT2D eigenvalue weighted by Crippen LogP contribution is -2.45. The molecule has 1 saturated carbocycles. The van der Waals surface area contributed by atoms with Gasteiger partial charge in [-0.05, 0) is 61.7 Å². The molecule has 0 bridgehead atoms. The molecule has 0 saturated heterocycles. The molecule has 39 heavy (non-hydrogen) atoms. The van der Waals surface area contributed by atoms with Crippen molar-refractivity contribution in [1.29, 1.82) is 0 Å². The van der Waals surface area contributed by atoms with E-state index < -0.39 is 18.2 Å². The van der Waals surface area contributed by atoms with Crippen LogP contribution in [0.1, 0.15) is 57.9 Å². The summed E-state index contributed by atoms with van der Waals surface area (Å²) >= 11 is 1.99. The van der Waals surface area contributed by atoms with Crippen LogP contribution in [0.2, 0.25) is 18.1 Å². The Balaban J connectivity index is 1.35. The monoisotopic (exact) mass is 584 g/mol. The van der Waals surface area contributed by atoms with Gasteiger partial charge in [-0.3, -0.25) is 4.98 Å². The van der Waals surface area contributed by atoms with E-state index in [9.17, 15) is 8.42 Å². The lowest BCUT2D eigenvalue weighted by molar-refractivity contribution is 0.252. The van der Waals surface area contributed by atoms with Crippen molar-refractivity contribution < 1.29 is 12.8 Å². The molecule has 2 aliphatic rings. The first kappa shape index (κ1) is 28.5. The summed E-state index contributed by atoms with van der Waals surface area (Å²) < 4.78 is 32.6. The normalized spacial score (nSPS) is 21.3. The van der Waals surface area contributed by atoms with Gasteiger partial charge >= 0.3 is 0 Å². The second-order valence-corrected chi connectivity index (χ2v) is 21.4. The van der Waals surface area contributed by atoms with Crippen LogP contribution in [0.5, 0.6) is 0 Å². The first-order valence-electron chi connectivity index (χ1n) is 13.6. The van der Waals surface area contributed by atoms with Crippen LogP contribution in [0, 0.1) is 0 Å². The van der Waals surface area contributed by atoms with Crippen molar-refractivity contribution in [3.05, 3.63) is 59.9 Å². The fourth-order valence-electron chi connectivity index (χ4n) is 4.93. The van der Waals surface area contributed by atoms with Crippen molar-refractivity contribution in [2.75, 3.05) is 18.6 Å². The second kappa shape index (κ2) is 9.82. The molecule has 0 spiro atoms. The molecule has 3 heterocycles. The molecule has 1 atom stereocenters. The third kappa shape index (κ3) is 5.62. The Labute approximate surface area is 238 Å². The average Bonchev–Trinajstić information content (AvgIpc) is 3.61. The maximum absolute atomic E-state index is 11.8. The topological polar surface area (TPSA) is 87.0 Å². The van der Waals surface area contributed by atoms with Crippen LogP contribution < -0.4 is 0 Å². The third-order valence-electron chi connectivity index (χ3n) is 8.72.